The largest absolute Gasteiger partial charge is 0.508 e. The van der Waals surface area contributed by atoms with E-state index in [-0.39, 0.29) is 17.9 Å². The Morgan fingerprint density at radius 3 is 2.76 bits per heavy atom. The average Bonchev–Trinajstić information content (AvgIpc) is 2.28. The molecule has 0 radical (unpaired) electrons. The van der Waals surface area contributed by atoms with E-state index in [1.54, 1.807) is 12.1 Å². The summed E-state index contributed by atoms with van der Waals surface area (Å²) < 4.78 is 0. The van der Waals surface area contributed by atoms with Gasteiger partial charge in [0.15, 0.2) is 0 Å². The molecule has 0 amide bonds. The van der Waals surface area contributed by atoms with Crippen LogP contribution in [-0.2, 0) is 0 Å². The van der Waals surface area contributed by atoms with Crippen LogP contribution in [0.1, 0.15) is 38.3 Å². The Balaban J connectivity index is 2.31. The Bertz CT molecular complexity index is 378. The third kappa shape index (κ3) is 2.61. The standard InChI is InChI=1S/C14H21NO2/c1-10(2)15-8-4-7-13(17)14(15)11-5-3-6-12(16)9-11/h3,5-6,9-10,13-14,16-17H,4,7-8H2,1-2H3. The number of aromatic hydroxyl groups is 1. The number of phenols is 1. The molecule has 0 saturated carbocycles. The molecule has 1 saturated heterocycles. The van der Waals surface area contributed by atoms with Crippen LogP contribution in [-0.4, -0.2) is 33.8 Å². The predicted octanol–water partition coefficient (Wildman–Crippen LogP) is 2.30. The van der Waals surface area contributed by atoms with E-state index in [4.69, 9.17) is 0 Å². The molecule has 1 heterocycles. The summed E-state index contributed by atoms with van der Waals surface area (Å²) in [6.07, 6.45) is 1.53. The minimum Gasteiger partial charge on any atom is -0.508 e. The lowest BCUT2D eigenvalue weighted by Crippen LogP contribution is -2.45. The maximum absolute atomic E-state index is 10.2. The number of aliphatic hydroxyl groups excluding tert-OH is 1. The highest BCUT2D eigenvalue weighted by Gasteiger charge is 2.32. The van der Waals surface area contributed by atoms with E-state index in [9.17, 15) is 10.2 Å². The number of aliphatic hydroxyl groups is 1. The van der Waals surface area contributed by atoms with E-state index in [1.807, 2.05) is 12.1 Å². The smallest absolute Gasteiger partial charge is 0.115 e. The zero-order valence-electron chi connectivity index (χ0n) is 10.5. The van der Waals surface area contributed by atoms with Crippen LogP contribution in [0.2, 0.25) is 0 Å². The van der Waals surface area contributed by atoms with Crippen LogP contribution in [0.4, 0.5) is 0 Å². The highest BCUT2D eigenvalue weighted by molar-refractivity contribution is 5.30. The number of hydrogen-bond acceptors (Lipinski definition) is 3. The van der Waals surface area contributed by atoms with E-state index in [1.165, 1.54) is 0 Å². The summed E-state index contributed by atoms with van der Waals surface area (Å²) in [5, 5.41) is 19.8. The molecule has 2 atom stereocenters. The van der Waals surface area contributed by atoms with Gasteiger partial charge in [0.1, 0.15) is 5.75 Å². The van der Waals surface area contributed by atoms with Gasteiger partial charge in [0, 0.05) is 6.04 Å². The molecule has 2 unspecified atom stereocenters. The van der Waals surface area contributed by atoms with Crippen molar-refractivity contribution in [2.24, 2.45) is 0 Å². The van der Waals surface area contributed by atoms with Gasteiger partial charge < -0.3 is 10.2 Å². The lowest BCUT2D eigenvalue weighted by Gasteiger charge is -2.41. The fraction of sp³-hybridized carbons (Fsp3) is 0.571. The van der Waals surface area contributed by atoms with Crippen molar-refractivity contribution in [3.8, 4) is 5.75 Å². The zero-order valence-corrected chi connectivity index (χ0v) is 10.5. The van der Waals surface area contributed by atoms with Crippen LogP contribution in [0.15, 0.2) is 24.3 Å². The maximum atomic E-state index is 10.2. The number of phenolic OH excluding ortho intramolecular Hbond substituents is 1. The molecular formula is C14H21NO2. The number of nitrogens with zero attached hydrogens (tertiary/aromatic N) is 1. The van der Waals surface area contributed by atoms with Gasteiger partial charge in [-0.05, 0) is 50.9 Å². The topological polar surface area (TPSA) is 43.7 Å². The first kappa shape index (κ1) is 12.4. The molecule has 94 valence electrons. The van der Waals surface area contributed by atoms with Gasteiger partial charge in [-0.2, -0.15) is 0 Å². The van der Waals surface area contributed by atoms with E-state index in [2.05, 4.69) is 18.7 Å². The van der Waals surface area contributed by atoms with Crippen molar-refractivity contribution in [3.05, 3.63) is 29.8 Å². The van der Waals surface area contributed by atoms with Gasteiger partial charge in [-0.3, -0.25) is 4.90 Å². The monoisotopic (exact) mass is 235 g/mol. The van der Waals surface area contributed by atoms with E-state index in [0.29, 0.717) is 6.04 Å². The second-order valence-electron chi connectivity index (χ2n) is 5.08. The van der Waals surface area contributed by atoms with Gasteiger partial charge in [-0.1, -0.05) is 12.1 Å². The predicted molar refractivity (Wildman–Crippen MR) is 67.9 cm³/mol. The fourth-order valence-electron chi connectivity index (χ4n) is 2.70. The van der Waals surface area contributed by atoms with Crippen molar-refractivity contribution in [2.75, 3.05) is 6.54 Å². The molecular weight excluding hydrogens is 214 g/mol. The Morgan fingerprint density at radius 2 is 2.12 bits per heavy atom. The first-order valence-corrected chi connectivity index (χ1v) is 6.32. The van der Waals surface area contributed by atoms with Crippen molar-refractivity contribution < 1.29 is 10.2 Å². The Hall–Kier alpha value is -1.06. The summed E-state index contributed by atoms with van der Waals surface area (Å²) in [6, 6.07) is 7.65. The molecule has 1 aliphatic rings. The van der Waals surface area contributed by atoms with Gasteiger partial charge in [-0.15, -0.1) is 0 Å². The van der Waals surface area contributed by atoms with Crippen molar-refractivity contribution in [2.45, 2.75) is 44.9 Å². The van der Waals surface area contributed by atoms with Crippen LogP contribution in [0, 0.1) is 0 Å². The van der Waals surface area contributed by atoms with Gasteiger partial charge in [-0.25, -0.2) is 0 Å². The number of hydrogen-bond donors (Lipinski definition) is 2. The molecule has 17 heavy (non-hydrogen) atoms. The molecule has 0 spiro atoms. The number of piperidine rings is 1. The lowest BCUT2D eigenvalue weighted by atomic mass is 9.91. The zero-order chi connectivity index (χ0) is 12.4. The summed E-state index contributed by atoms with van der Waals surface area (Å²) >= 11 is 0. The molecule has 3 heteroatoms. The van der Waals surface area contributed by atoms with E-state index in [0.717, 1.165) is 24.9 Å². The van der Waals surface area contributed by atoms with Gasteiger partial charge in [0.25, 0.3) is 0 Å². The maximum Gasteiger partial charge on any atom is 0.115 e. The van der Waals surface area contributed by atoms with E-state index < -0.39 is 0 Å². The summed E-state index contributed by atoms with van der Waals surface area (Å²) in [5.41, 5.74) is 1.01. The summed E-state index contributed by atoms with van der Waals surface area (Å²) in [7, 11) is 0. The van der Waals surface area contributed by atoms with Crippen LogP contribution < -0.4 is 0 Å². The van der Waals surface area contributed by atoms with Crippen LogP contribution in [0.3, 0.4) is 0 Å². The summed E-state index contributed by atoms with van der Waals surface area (Å²) in [5.74, 6) is 0.268. The second kappa shape index (κ2) is 5.07. The second-order valence-corrected chi connectivity index (χ2v) is 5.08. The van der Waals surface area contributed by atoms with Crippen LogP contribution in [0.5, 0.6) is 5.75 Å². The average molecular weight is 235 g/mol. The highest BCUT2D eigenvalue weighted by atomic mass is 16.3. The third-order valence-corrected chi connectivity index (χ3v) is 3.51. The van der Waals surface area contributed by atoms with Crippen molar-refractivity contribution >= 4 is 0 Å². The number of likely N-dealkylation sites (tertiary alicyclic amines) is 1. The lowest BCUT2D eigenvalue weighted by molar-refractivity contribution is -0.00649. The van der Waals surface area contributed by atoms with Gasteiger partial charge in [0.05, 0.1) is 12.1 Å². The first-order valence-electron chi connectivity index (χ1n) is 6.32. The molecule has 3 nitrogen and oxygen atoms in total. The minimum atomic E-state index is -0.340. The van der Waals surface area contributed by atoms with Crippen LogP contribution >= 0.6 is 0 Å². The van der Waals surface area contributed by atoms with Crippen molar-refractivity contribution in [3.63, 3.8) is 0 Å². The Labute approximate surface area is 103 Å². The third-order valence-electron chi connectivity index (χ3n) is 3.51. The normalized spacial score (nSPS) is 26.4. The van der Waals surface area contributed by atoms with Crippen molar-refractivity contribution in [1.82, 2.24) is 4.90 Å². The quantitative estimate of drug-likeness (QED) is 0.826. The summed E-state index contributed by atoms with van der Waals surface area (Å²) in [6.45, 7) is 5.30. The molecule has 1 fully saturated rings. The highest BCUT2D eigenvalue weighted by Crippen LogP contribution is 2.33. The summed E-state index contributed by atoms with van der Waals surface area (Å²) in [4.78, 5) is 2.31. The number of rotatable bonds is 2. The van der Waals surface area contributed by atoms with Crippen LogP contribution in [0.25, 0.3) is 0 Å². The minimum absolute atomic E-state index is 0.0100. The molecule has 0 aliphatic carbocycles. The van der Waals surface area contributed by atoms with Gasteiger partial charge in [0.2, 0.25) is 0 Å². The Kier molecular flexibility index (Phi) is 3.69. The van der Waals surface area contributed by atoms with E-state index >= 15 is 0 Å². The SMILES string of the molecule is CC(C)N1CCCC(O)C1c1cccc(O)c1. The molecule has 0 bridgehead atoms. The first-order chi connectivity index (χ1) is 8.09. The fourth-order valence-corrected chi connectivity index (χ4v) is 2.70. The molecule has 0 aromatic heterocycles. The Morgan fingerprint density at radius 1 is 1.35 bits per heavy atom. The van der Waals surface area contributed by atoms with Gasteiger partial charge >= 0.3 is 0 Å². The number of benzene rings is 1. The van der Waals surface area contributed by atoms with Crippen molar-refractivity contribution in [1.29, 1.82) is 0 Å². The molecule has 1 aromatic carbocycles. The molecule has 2 N–H and O–H groups in total. The molecule has 2 rings (SSSR count). The molecule has 1 aromatic rings. The molecule has 1 aliphatic heterocycles.